The molecule has 3 rings (SSSR count). The Labute approximate surface area is 164 Å². The number of aryl methyl sites for hydroxylation is 1. The third-order valence-electron chi connectivity index (χ3n) is 3.95. The molecular weight excluding hydrogens is 356 g/mol. The van der Waals surface area contributed by atoms with Gasteiger partial charge in [-0.3, -0.25) is 9.78 Å². The van der Waals surface area contributed by atoms with Crippen LogP contribution in [0.1, 0.15) is 44.5 Å². The number of aromatic nitrogens is 3. The van der Waals surface area contributed by atoms with Crippen molar-refractivity contribution in [2.24, 2.45) is 0 Å². The molecule has 0 spiro atoms. The van der Waals surface area contributed by atoms with Crippen molar-refractivity contribution in [2.75, 3.05) is 5.32 Å². The number of hydrogen-bond acceptors (Lipinski definition) is 6. The van der Waals surface area contributed by atoms with Crippen LogP contribution in [-0.2, 0) is 23.2 Å². The zero-order valence-electron chi connectivity index (χ0n) is 16.3. The van der Waals surface area contributed by atoms with Crippen LogP contribution in [0, 0.1) is 0 Å². The first kappa shape index (κ1) is 19.5. The SMILES string of the molecule is CC(C)(C)c1noc(CCC(=O)Nc2cccc(OCc3cccnc3)c2)n1. The molecule has 0 fully saturated rings. The van der Waals surface area contributed by atoms with Crippen LogP contribution in [0.25, 0.3) is 0 Å². The van der Waals surface area contributed by atoms with E-state index in [1.807, 2.05) is 51.1 Å². The van der Waals surface area contributed by atoms with Crippen LogP contribution in [0.4, 0.5) is 5.69 Å². The molecule has 0 unspecified atom stereocenters. The van der Waals surface area contributed by atoms with Gasteiger partial charge in [0.05, 0.1) is 0 Å². The molecule has 2 aromatic heterocycles. The van der Waals surface area contributed by atoms with E-state index in [1.165, 1.54) is 0 Å². The highest BCUT2D eigenvalue weighted by Crippen LogP contribution is 2.20. The van der Waals surface area contributed by atoms with Crippen molar-refractivity contribution in [3.63, 3.8) is 0 Å². The second-order valence-electron chi connectivity index (χ2n) is 7.49. The van der Waals surface area contributed by atoms with Gasteiger partial charge in [0.15, 0.2) is 5.82 Å². The standard InChI is InChI=1S/C21H24N4O3/c1-21(2,3)20-24-19(28-25-20)10-9-18(26)23-16-7-4-8-17(12-16)27-14-15-6-5-11-22-13-15/h4-8,11-13H,9-10,14H2,1-3H3,(H,23,26). The number of ether oxygens (including phenoxy) is 1. The molecule has 0 atom stereocenters. The summed E-state index contributed by atoms with van der Waals surface area (Å²) in [5.74, 6) is 1.66. The first-order valence-corrected chi connectivity index (χ1v) is 9.15. The highest BCUT2D eigenvalue weighted by atomic mass is 16.5. The van der Waals surface area contributed by atoms with Crippen LogP contribution < -0.4 is 10.1 Å². The predicted octanol–water partition coefficient (Wildman–Crippen LogP) is 3.91. The van der Waals surface area contributed by atoms with E-state index in [0.717, 1.165) is 5.56 Å². The molecule has 2 heterocycles. The molecule has 28 heavy (non-hydrogen) atoms. The average molecular weight is 380 g/mol. The smallest absolute Gasteiger partial charge is 0.227 e. The quantitative estimate of drug-likeness (QED) is 0.668. The maximum atomic E-state index is 12.2. The minimum atomic E-state index is -0.180. The van der Waals surface area contributed by atoms with Crippen molar-refractivity contribution < 1.29 is 14.1 Å². The Bertz CT molecular complexity index is 917. The topological polar surface area (TPSA) is 90.1 Å². The van der Waals surface area contributed by atoms with Crippen LogP contribution in [0.3, 0.4) is 0 Å². The van der Waals surface area contributed by atoms with Gasteiger partial charge in [0.2, 0.25) is 11.8 Å². The molecule has 7 nitrogen and oxygen atoms in total. The number of hydrogen-bond donors (Lipinski definition) is 1. The molecule has 1 N–H and O–H groups in total. The molecule has 0 aliphatic heterocycles. The summed E-state index contributed by atoms with van der Waals surface area (Å²) in [5, 5.41) is 6.83. The van der Waals surface area contributed by atoms with Crippen molar-refractivity contribution >= 4 is 11.6 Å². The third kappa shape index (κ3) is 5.64. The highest BCUT2D eigenvalue weighted by molar-refractivity contribution is 5.90. The zero-order chi connectivity index (χ0) is 20.0. The van der Waals surface area contributed by atoms with E-state index in [0.29, 0.717) is 36.2 Å². The molecule has 0 radical (unpaired) electrons. The minimum Gasteiger partial charge on any atom is -0.489 e. The number of rotatable bonds is 7. The summed E-state index contributed by atoms with van der Waals surface area (Å²) in [6, 6.07) is 11.1. The lowest BCUT2D eigenvalue weighted by atomic mass is 9.96. The lowest BCUT2D eigenvalue weighted by Crippen LogP contribution is -2.14. The fourth-order valence-corrected chi connectivity index (χ4v) is 2.42. The molecule has 3 aromatic rings. The molecule has 7 heteroatoms. The van der Waals surface area contributed by atoms with Gasteiger partial charge in [-0.1, -0.05) is 38.1 Å². The van der Waals surface area contributed by atoms with Crippen molar-refractivity contribution in [2.45, 2.75) is 45.6 Å². The fourth-order valence-electron chi connectivity index (χ4n) is 2.42. The number of nitrogens with one attached hydrogen (secondary N) is 1. The second kappa shape index (κ2) is 8.65. The molecule has 1 amide bonds. The first-order chi connectivity index (χ1) is 13.4. The Morgan fingerprint density at radius 3 is 2.79 bits per heavy atom. The van der Waals surface area contributed by atoms with Gasteiger partial charge in [-0.2, -0.15) is 4.98 Å². The number of amides is 1. The highest BCUT2D eigenvalue weighted by Gasteiger charge is 2.21. The van der Waals surface area contributed by atoms with E-state index >= 15 is 0 Å². The second-order valence-corrected chi connectivity index (χ2v) is 7.49. The molecular formula is C21H24N4O3. The number of benzene rings is 1. The van der Waals surface area contributed by atoms with Gasteiger partial charge < -0.3 is 14.6 Å². The van der Waals surface area contributed by atoms with Crippen molar-refractivity contribution in [3.8, 4) is 5.75 Å². The molecule has 1 aromatic carbocycles. The van der Waals surface area contributed by atoms with E-state index in [9.17, 15) is 4.79 Å². The van der Waals surface area contributed by atoms with Crippen LogP contribution in [-0.4, -0.2) is 21.0 Å². The van der Waals surface area contributed by atoms with Crippen LogP contribution in [0.5, 0.6) is 5.75 Å². The lowest BCUT2D eigenvalue weighted by molar-refractivity contribution is -0.116. The molecule has 0 bridgehead atoms. The van der Waals surface area contributed by atoms with E-state index in [1.54, 1.807) is 18.5 Å². The van der Waals surface area contributed by atoms with E-state index in [4.69, 9.17) is 9.26 Å². The van der Waals surface area contributed by atoms with E-state index in [-0.39, 0.29) is 17.7 Å². The molecule has 0 saturated carbocycles. The number of pyridine rings is 1. The van der Waals surface area contributed by atoms with Gasteiger partial charge in [0, 0.05) is 48.0 Å². The Hall–Kier alpha value is -3.22. The molecule has 0 aliphatic carbocycles. The number of anilines is 1. The molecule has 0 aliphatic rings. The summed E-state index contributed by atoms with van der Waals surface area (Å²) < 4.78 is 11.0. The summed E-state index contributed by atoms with van der Waals surface area (Å²) in [5.41, 5.74) is 1.47. The van der Waals surface area contributed by atoms with Crippen LogP contribution >= 0.6 is 0 Å². The van der Waals surface area contributed by atoms with Gasteiger partial charge in [0.1, 0.15) is 12.4 Å². The Morgan fingerprint density at radius 2 is 2.07 bits per heavy atom. The fraction of sp³-hybridized carbons (Fsp3) is 0.333. The van der Waals surface area contributed by atoms with E-state index in [2.05, 4.69) is 20.4 Å². The molecule has 146 valence electrons. The monoisotopic (exact) mass is 380 g/mol. The Kier molecular flexibility index (Phi) is 6.03. The number of carbonyl (C=O) groups is 1. The number of nitrogens with zero attached hydrogens (tertiary/aromatic N) is 3. The third-order valence-corrected chi connectivity index (χ3v) is 3.95. The van der Waals surface area contributed by atoms with Crippen LogP contribution in [0.2, 0.25) is 0 Å². The average Bonchev–Trinajstić information content (AvgIpc) is 3.16. The summed E-state index contributed by atoms with van der Waals surface area (Å²) in [4.78, 5) is 20.6. The van der Waals surface area contributed by atoms with Gasteiger partial charge in [-0.25, -0.2) is 0 Å². The van der Waals surface area contributed by atoms with Gasteiger partial charge in [-0.15, -0.1) is 0 Å². The summed E-state index contributed by atoms with van der Waals surface area (Å²) in [6.45, 7) is 6.45. The first-order valence-electron chi connectivity index (χ1n) is 9.15. The van der Waals surface area contributed by atoms with Gasteiger partial charge >= 0.3 is 0 Å². The van der Waals surface area contributed by atoms with Gasteiger partial charge in [0.25, 0.3) is 0 Å². The van der Waals surface area contributed by atoms with Crippen molar-refractivity contribution in [1.82, 2.24) is 15.1 Å². The largest absolute Gasteiger partial charge is 0.489 e. The Morgan fingerprint density at radius 1 is 1.21 bits per heavy atom. The normalized spacial score (nSPS) is 11.2. The zero-order valence-corrected chi connectivity index (χ0v) is 16.3. The lowest BCUT2D eigenvalue weighted by Gasteiger charge is -2.10. The van der Waals surface area contributed by atoms with Gasteiger partial charge in [-0.05, 0) is 18.2 Å². The molecule has 0 saturated heterocycles. The predicted molar refractivity (Wildman–Crippen MR) is 105 cm³/mol. The summed E-state index contributed by atoms with van der Waals surface area (Å²) in [6.07, 6.45) is 4.13. The summed E-state index contributed by atoms with van der Waals surface area (Å²) in [7, 11) is 0. The maximum absolute atomic E-state index is 12.2. The van der Waals surface area contributed by atoms with Crippen molar-refractivity contribution in [1.29, 1.82) is 0 Å². The maximum Gasteiger partial charge on any atom is 0.227 e. The summed E-state index contributed by atoms with van der Waals surface area (Å²) >= 11 is 0. The van der Waals surface area contributed by atoms with Crippen LogP contribution in [0.15, 0.2) is 53.3 Å². The number of carbonyl (C=O) groups excluding carboxylic acids is 1. The van der Waals surface area contributed by atoms with Crippen molar-refractivity contribution in [3.05, 3.63) is 66.1 Å². The minimum absolute atomic E-state index is 0.125. The Balaban J connectivity index is 1.50. The van der Waals surface area contributed by atoms with E-state index < -0.39 is 0 Å².